The minimum atomic E-state index is -0.347. The molecule has 1 unspecified atom stereocenters. The normalized spacial score (nSPS) is 11.5. The van der Waals surface area contributed by atoms with E-state index in [0.29, 0.717) is 17.0 Å². The first kappa shape index (κ1) is 20.6. The van der Waals surface area contributed by atoms with Crippen LogP contribution in [0.2, 0.25) is 0 Å². The molecule has 1 atom stereocenters. The second-order valence-corrected chi connectivity index (χ2v) is 7.97. The fourth-order valence-electron chi connectivity index (χ4n) is 2.94. The number of nitrogens with one attached hydrogen (secondary N) is 1. The van der Waals surface area contributed by atoms with Gasteiger partial charge in [-0.1, -0.05) is 61.2 Å². The number of nitriles is 1. The molecule has 0 bridgehead atoms. The van der Waals surface area contributed by atoms with E-state index in [1.54, 1.807) is 6.07 Å². The summed E-state index contributed by atoms with van der Waals surface area (Å²) in [4.78, 5) is 17.6. The molecule has 0 spiro atoms. The molecule has 4 nitrogen and oxygen atoms in total. The Kier molecular flexibility index (Phi) is 6.69. The number of carbonyl (C=O) groups is 1. The molecule has 0 aliphatic heterocycles. The van der Waals surface area contributed by atoms with Gasteiger partial charge >= 0.3 is 0 Å². The standard InChI is InChI=1S/C24H23N3OS/c1-4-22(23(28)26-20-12-8-9-16(2)17(20)3)29-24-19(15-25)13-14-21(27-24)18-10-6-5-7-11-18/h5-14,22H,4H2,1-3H3,(H,26,28). The second-order valence-electron chi connectivity index (χ2n) is 6.78. The largest absolute Gasteiger partial charge is 0.325 e. The van der Waals surface area contributed by atoms with Crippen LogP contribution < -0.4 is 5.32 Å². The monoisotopic (exact) mass is 401 g/mol. The summed E-state index contributed by atoms with van der Waals surface area (Å²) in [6.45, 7) is 5.99. The molecule has 0 radical (unpaired) electrons. The van der Waals surface area contributed by atoms with E-state index in [-0.39, 0.29) is 11.2 Å². The van der Waals surface area contributed by atoms with Crippen molar-refractivity contribution in [2.75, 3.05) is 5.32 Å². The third kappa shape index (κ3) is 4.85. The smallest absolute Gasteiger partial charge is 0.237 e. The molecule has 0 aliphatic carbocycles. The highest BCUT2D eigenvalue weighted by molar-refractivity contribution is 8.00. The van der Waals surface area contributed by atoms with Gasteiger partial charge in [-0.25, -0.2) is 4.98 Å². The van der Waals surface area contributed by atoms with Crippen molar-refractivity contribution in [3.05, 3.63) is 77.4 Å². The predicted molar refractivity (Wildman–Crippen MR) is 119 cm³/mol. The molecule has 29 heavy (non-hydrogen) atoms. The van der Waals surface area contributed by atoms with Crippen molar-refractivity contribution in [2.45, 2.75) is 37.5 Å². The molecule has 0 saturated carbocycles. The maximum atomic E-state index is 12.9. The number of amides is 1. The number of anilines is 1. The van der Waals surface area contributed by atoms with E-state index in [4.69, 9.17) is 0 Å². The number of pyridine rings is 1. The average molecular weight is 402 g/mol. The average Bonchev–Trinajstić information content (AvgIpc) is 2.75. The van der Waals surface area contributed by atoms with Crippen molar-refractivity contribution in [1.82, 2.24) is 4.98 Å². The molecule has 0 fully saturated rings. The molecular weight excluding hydrogens is 378 g/mol. The minimum absolute atomic E-state index is 0.0815. The van der Waals surface area contributed by atoms with Crippen LogP contribution in [0.25, 0.3) is 11.3 Å². The zero-order chi connectivity index (χ0) is 20.8. The van der Waals surface area contributed by atoms with Crippen LogP contribution in [-0.2, 0) is 4.79 Å². The number of benzene rings is 2. The zero-order valence-electron chi connectivity index (χ0n) is 16.8. The molecule has 1 amide bonds. The van der Waals surface area contributed by atoms with Crippen molar-refractivity contribution < 1.29 is 4.79 Å². The summed E-state index contributed by atoms with van der Waals surface area (Å²) in [5.41, 5.74) is 5.26. The number of carbonyl (C=O) groups excluding carboxylic acids is 1. The molecule has 0 aliphatic rings. The number of thioether (sulfide) groups is 1. The number of hydrogen-bond donors (Lipinski definition) is 1. The molecular formula is C24H23N3OS. The van der Waals surface area contributed by atoms with Crippen molar-refractivity contribution in [1.29, 1.82) is 5.26 Å². The van der Waals surface area contributed by atoms with Crippen molar-refractivity contribution in [3.8, 4) is 17.3 Å². The number of rotatable bonds is 6. The summed E-state index contributed by atoms with van der Waals surface area (Å²) in [7, 11) is 0. The highest BCUT2D eigenvalue weighted by Crippen LogP contribution is 2.30. The third-order valence-corrected chi connectivity index (χ3v) is 6.20. The summed E-state index contributed by atoms with van der Waals surface area (Å²) in [5, 5.41) is 12.8. The first-order valence-corrected chi connectivity index (χ1v) is 10.4. The zero-order valence-corrected chi connectivity index (χ0v) is 17.6. The van der Waals surface area contributed by atoms with Gasteiger partial charge in [-0.2, -0.15) is 5.26 Å². The van der Waals surface area contributed by atoms with Crippen molar-refractivity contribution >= 4 is 23.4 Å². The Hall–Kier alpha value is -3.10. The summed E-state index contributed by atoms with van der Waals surface area (Å²) >= 11 is 1.34. The molecule has 1 heterocycles. The van der Waals surface area contributed by atoms with E-state index in [9.17, 15) is 10.1 Å². The molecule has 2 aromatic carbocycles. The van der Waals surface area contributed by atoms with Crippen LogP contribution in [0, 0.1) is 25.2 Å². The lowest BCUT2D eigenvalue weighted by atomic mass is 10.1. The van der Waals surface area contributed by atoms with Crippen LogP contribution in [0.3, 0.4) is 0 Å². The van der Waals surface area contributed by atoms with Gasteiger partial charge in [0.25, 0.3) is 0 Å². The van der Waals surface area contributed by atoms with Gasteiger partial charge in [0.2, 0.25) is 5.91 Å². The van der Waals surface area contributed by atoms with Crippen molar-refractivity contribution in [3.63, 3.8) is 0 Å². The van der Waals surface area contributed by atoms with E-state index < -0.39 is 0 Å². The molecule has 0 saturated heterocycles. The van der Waals surface area contributed by atoms with Gasteiger partial charge in [0.15, 0.2) is 0 Å². The Morgan fingerprint density at radius 3 is 2.55 bits per heavy atom. The molecule has 1 N–H and O–H groups in total. The highest BCUT2D eigenvalue weighted by Gasteiger charge is 2.21. The molecule has 1 aromatic heterocycles. The summed E-state index contributed by atoms with van der Waals surface area (Å²) in [5.74, 6) is -0.0815. The van der Waals surface area contributed by atoms with Crippen molar-refractivity contribution in [2.24, 2.45) is 0 Å². The topological polar surface area (TPSA) is 65.8 Å². The molecule has 146 valence electrons. The Labute approximate surface area is 176 Å². The van der Waals surface area contributed by atoms with Crippen LogP contribution in [-0.4, -0.2) is 16.1 Å². The Morgan fingerprint density at radius 2 is 1.86 bits per heavy atom. The fraction of sp³-hybridized carbons (Fsp3) is 0.208. The Morgan fingerprint density at radius 1 is 1.10 bits per heavy atom. The van der Waals surface area contributed by atoms with Gasteiger partial charge in [0.1, 0.15) is 11.1 Å². The minimum Gasteiger partial charge on any atom is -0.325 e. The Bertz CT molecular complexity index is 1060. The second kappa shape index (κ2) is 9.40. The quantitative estimate of drug-likeness (QED) is 0.534. The Balaban J connectivity index is 1.85. The van der Waals surface area contributed by atoms with E-state index in [0.717, 1.165) is 28.1 Å². The molecule has 3 rings (SSSR count). The van der Waals surface area contributed by atoms with Crippen LogP contribution >= 0.6 is 11.8 Å². The lowest BCUT2D eigenvalue weighted by molar-refractivity contribution is -0.115. The number of aryl methyl sites for hydroxylation is 1. The fourth-order valence-corrected chi connectivity index (χ4v) is 3.94. The van der Waals surface area contributed by atoms with E-state index >= 15 is 0 Å². The van der Waals surface area contributed by atoms with Crippen LogP contribution in [0.15, 0.2) is 65.7 Å². The van der Waals surface area contributed by atoms with E-state index in [1.165, 1.54) is 11.8 Å². The lowest BCUT2D eigenvalue weighted by Crippen LogP contribution is -2.25. The van der Waals surface area contributed by atoms with Gasteiger partial charge < -0.3 is 5.32 Å². The maximum absolute atomic E-state index is 12.9. The van der Waals surface area contributed by atoms with Gasteiger partial charge in [-0.3, -0.25) is 4.79 Å². The third-order valence-electron chi connectivity index (χ3n) is 4.83. The maximum Gasteiger partial charge on any atom is 0.237 e. The van der Waals surface area contributed by atoms with Gasteiger partial charge in [0, 0.05) is 11.3 Å². The van der Waals surface area contributed by atoms with Gasteiger partial charge in [-0.05, 0) is 49.6 Å². The van der Waals surface area contributed by atoms with Gasteiger partial charge in [0.05, 0.1) is 16.5 Å². The van der Waals surface area contributed by atoms with Crippen LogP contribution in [0.5, 0.6) is 0 Å². The summed E-state index contributed by atoms with van der Waals surface area (Å²) < 4.78 is 0. The SMILES string of the molecule is CCC(Sc1nc(-c2ccccc2)ccc1C#N)C(=O)Nc1cccc(C)c1C. The highest BCUT2D eigenvalue weighted by atomic mass is 32.2. The number of hydrogen-bond acceptors (Lipinski definition) is 4. The summed E-state index contributed by atoms with van der Waals surface area (Å²) in [6.07, 6.45) is 0.628. The van der Waals surface area contributed by atoms with Gasteiger partial charge in [-0.15, -0.1) is 0 Å². The molecule has 3 aromatic rings. The number of nitrogens with zero attached hydrogens (tertiary/aromatic N) is 2. The first-order valence-electron chi connectivity index (χ1n) is 9.53. The predicted octanol–water partition coefficient (Wildman–Crippen LogP) is 5.75. The van der Waals surface area contributed by atoms with E-state index in [2.05, 4.69) is 16.4 Å². The number of aromatic nitrogens is 1. The van der Waals surface area contributed by atoms with Crippen LogP contribution in [0.1, 0.15) is 30.0 Å². The first-order chi connectivity index (χ1) is 14.0. The van der Waals surface area contributed by atoms with E-state index in [1.807, 2.05) is 75.4 Å². The molecule has 5 heteroatoms. The summed E-state index contributed by atoms with van der Waals surface area (Å²) in [6, 6.07) is 21.5. The lowest BCUT2D eigenvalue weighted by Gasteiger charge is -2.17. The van der Waals surface area contributed by atoms with Crippen LogP contribution in [0.4, 0.5) is 5.69 Å².